The fourth-order valence-electron chi connectivity index (χ4n) is 2.44. The van der Waals surface area contributed by atoms with Gasteiger partial charge in [0.15, 0.2) is 5.82 Å². The van der Waals surface area contributed by atoms with Gasteiger partial charge in [-0.15, -0.1) is 10.2 Å². The van der Waals surface area contributed by atoms with Crippen LogP contribution in [0.1, 0.15) is 16.8 Å². The summed E-state index contributed by atoms with van der Waals surface area (Å²) in [5.41, 5.74) is 3.45. The Morgan fingerprint density at radius 2 is 1.96 bits per heavy atom. The quantitative estimate of drug-likeness (QED) is 0.579. The smallest absolute Gasteiger partial charge is 0.311 e. The van der Waals surface area contributed by atoms with E-state index in [9.17, 15) is 9.90 Å². The molecular weight excluding hydrogens is 320 g/mol. The number of aryl methyl sites for hydroxylation is 2. The zero-order valence-electron chi connectivity index (χ0n) is 14.2. The van der Waals surface area contributed by atoms with Gasteiger partial charge < -0.3 is 9.84 Å². The van der Waals surface area contributed by atoms with Gasteiger partial charge in [-0.2, -0.15) is 0 Å². The van der Waals surface area contributed by atoms with E-state index in [1.807, 2.05) is 32.2 Å². The number of pyridine rings is 1. The summed E-state index contributed by atoms with van der Waals surface area (Å²) in [5, 5.41) is 18.3. The third kappa shape index (κ3) is 3.50. The highest BCUT2D eigenvalue weighted by Gasteiger charge is 2.16. The molecule has 0 radical (unpaired) electrons. The van der Waals surface area contributed by atoms with Crippen LogP contribution in [0, 0.1) is 13.8 Å². The van der Waals surface area contributed by atoms with Crippen LogP contribution in [0.25, 0.3) is 5.65 Å². The van der Waals surface area contributed by atoms with Crippen LogP contribution < -0.4 is 0 Å². The lowest BCUT2D eigenvalue weighted by molar-refractivity contribution is -0.139. The van der Waals surface area contributed by atoms with E-state index in [-0.39, 0.29) is 12.2 Å². The van der Waals surface area contributed by atoms with Gasteiger partial charge in [-0.25, -0.2) is 4.98 Å². The average molecular weight is 338 g/mol. The first-order valence-electron chi connectivity index (χ1n) is 7.73. The number of esters is 1. The van der Waals surface area contributed by atoms with E-state index >= 15 is 0 Å². The molecule has 0 atom stereocenters. The summed E-state index contributed by atoms with van der Waals surface area (Å²) < 4.78 is 6.49. The van der Waals surface area contributed by atoms with Crippen LogP contribution in [-0.2, 0) is 16.0 Å². The van der Waals surface area contributed by atoms with E-state index in [0.29, 0.717) is 22.8 Å². The van der Waals surface area contributed by atoms with E-state index in [1.54, 1.807) is 22.6 Å². The number of methoxy groups -OCH3 is 1. The minimum absolute atomic E-state index is 0.00855. The predicted molar refractivity (Wildman–Crippen MR) is 92.7 cm³/mol. The predicted octanol–water partition coefficient (Wildman–Crippen LogP) is 3.79. The van der Waals surface area contributed by atoms with Crippen molar-refractivity contribution in [2.45, 2.75) is 20.3 Å². The summed E-state index contributed by atoms with van der Waals surface area (Å²) in [6.45, 7) is 3.85. The molecule has 0 saturated heterocycles. The van der Waals surface area contributed by atoms with Crippen LogP contribution in [0.4, 0.5) is 11.5 Å². The third-order valence-corrected chi connectivity index (χ3v) is 3.73. The number of aromatic hydroxyl groups is 1. The Balaban J connectivity index is 2.10. The topological polar surface area (TPSA) is 88.5 Å². The van der Waals surface area contributed by atoms with Crippen molar-refractivity contribution in [2.24, 2.45) is 10.2 Å². The summed E-state index contributed by atoms with van der Waals surface area (Å²) in [6, 6.07) is 8.86. The molecule has 0 aliphatic rings. The van der Waals surface area contributed by atoms with Crippen LogP contribution in [-0.4, -0.2) is 27.6 Å². The van der Waals surface area contributed by atoms with Crippen molar-refractivity contribution in [1.29, 1.82) is 0 Å². The van der Waals surface area contributed by atoms with E-state index in [4.69, 9.17) is 4.74 Å². The van der Waals surface area contributed by atoms with Gasteiger partial charge in [0.2, 0.25) is 0 Å². The first-order valence-corrected chi connectivity index (χ1v) is 7.73. The second-order valence-corrected chi connectivity index (χ2v) is 5.76. The number of fused-ring (bicyclic) bond motifs is 1. The molecule has 2 heterocycles. The second kappa shape index (κ2) is 6.72. The molecule has 2 aromatic heterocycles. The lowest BCUT2D eigenvalue weighted by atomic mass is 10.2. The van der Waals surface area contributed by atoms with Crippen LogP contribution in [0.15, 0.2) is 46.8 Å². The third-order valence-electron chi connectivity index (χ3n) is 3.73. The van der Waals surface area contributed by atoms with Gasteiger partial charge in [0.05, 0.1) is 19.2 Å². The number of phenols is 1. The van der Waals surface area contributed by atoms with Crippen LogP contribution in [0.3, 0.4) is 0 Å². The first-order chi connectivity index (χ1) is 12.0. The number of aromatic nitrogens is 2. The molecule has 0 fully saturated rings. The Kier molecular flexibility index (Phi) is 4.47. The van der Waals surface area contributed by atoms with Crippen LogP contribution in [0.2, 0.25) is 0 Å². The van der Waals surface area contributed by atoms with E-state index in [2.05, 4.69) is 15.2 Å². The molecule has 25 heavy (non-hydrogen) atoms. The molecule has 3 aromatic rings. The molecule has 7 heteroatoms. The van der Waals surface area contributed by atoms with Crippen molar-refractivity contribution in [3.8, 4) is 5.75 Å². The summed E-state index contributed by atoms with van der Waals surface area (Å²) in [7, 11) is 1.33. The van der Waals surface area contributed by atoms with Gasteiger partial charge in [-0.1, -0.05) is 12.1 Å². The molecule has 1 N–H and O–H groups in total. The van der Waals surface area contributed by atoms with Crippen molar-refractivity contribution in [3.05, 3.63) is 53.3 Å². The van der Waals surface area contributed by atoms with Crippen molar-refractivity contribution in [2.75, 3.05) is 7.11 Å². The summed E-state index contributed by atoms with van der Waals surface area (Å²) in [5.74, 6) is 0.0638. The lowest BCUT2D eigenvalue weighted by Crippen LogP contribution is -2.04. The minimum atomic E-state index is -0.407. The number of benzene rings is 1. The van der Waals surface area contributed by atoms with E-state index in [1.165, 1.54) is 7.11 Å². The van der Waals surface area contributed by atoms with Crippen molar-refractivity contribution < 1.29 is 14.6 Å². The largest absolute Gasteiger partial charge is 0.506 e. The zero-order valence-corrected chi connectivity index (χ0v) is 14.2. The van der Waals surface area contributed by atoms with Gasteiger partial charge in [-0.3, -0.25) is 9.20 Å². The highest BCUT2D eigenvalue weighted by Crippen LogP contribution is 2.30. The maximum atomic E-state index is 11.7. The van der Waals surface area contributed by atoms with Gasteiger partial charge in [0.25, 0.3) is 0 Å². The highest BCUT2D eigenvalue weighted by atomic mass is 16.5. The fraction of sp³-hybridized carbons (Fsp3) is 0.222. The van der Waals surface area contributed by atoms with Crippen molar-refractivity contribution >= 4 is 23.1 Å². The Morgan fingerprint density at radius 1 is 1.20 bits per heavy atom. The lowest BCUT2D eigenvalue weighted by Gasteiger charge is -2.01. The number of phenolic OH excluding ortho intramolecular Hbond substituents is 1. The molecule has 1 aromatic carbocycles. The van der Waals surface area contributed by atoms with Gasteiger partial charge in [-0.05, 0) is 43.2 Å². The molecular formula is C18H18N4O3. The van der Waals surface area contributed by atoms with E-state index in [0.717, 1.165) is 11.1 Å². The Labute approximate surface area is 144 Å². The number of azo groups is 1. The summed E-state index contributed by atoms with van der Waals surface area (Å²) in [6.07, 6.45) is 1.86. The molecule has 0 amide bonds. The highest BCUT2D eigenvalue weighted by molar-refractivity contribution is 5.74. The van der Waals surface area contributed by atoms with Crippen LogP contribution >= 0.6 is 0 Å². The average Bonchev–Trinajstić information content (AvgIpc) is 2.92. The van der Waals surface area contributed by atoms with Gasteiger partial charge in [0.1, 0.15) is 17.1 Å². The van der Waals surface area contributed by atoms with E-state index < -0.39 is 5.97 Å². The second-order valence-electron chi connectivity index (χ2n) is 5.76. The summed E-state index contributed by atoms with van der Waals surface area (Å²) >= 11 is 0. The van der Waals surface area contributed by atoms with Crippen LogP contribution in [0.5, 0.6) is 5.75 Å². The number of carbonyl (C=O) groups excluding carboxylic acids is 1. The number of rotatable bonds is 4. The first kappa shape index (κ1) is 16.6. The number of hydrogen-bond acceptors (Lipinski definition) is 6. The summed E-state index contributed by atoms with van der Waals surface area (Å²) in [4.78, 5) is 16.1. The molecule has 0 spiro atoms. The molecule has 0 saturated carbocycles. The number of hydrogen-bond donors (Lipinski definition) is 1. The molecule has 0 aliphatic carbocycles. The number of carbonyl (C=O) groups is 1. The molecule has 128 valence electrons. The Bertz CT molecular complexity index is 976. The molecule has 0 unspecified atom stereocenters. The monoisotopic (exact) mass is 338 g/mol. The normalized spacial score (nSPS) is 11.3. The molecule has 7 nitrogen and oxygen atoms in total. The standard InChI is InChI=1S/C18H18N4O3/c1-11-4-6-15(23)13(8-11)20-21-18-14(9-17(24)25-3)19-16-7-5-12(2)10-22(16)18/h4-8,10,23H,9H2,1-3H3. The maximum absolute atomic E-state index is 11.7. The number of ether oxygens (including phenoxy) is 1. The van der Waals surface area contributed by atoms with Crippen molar-refractivity contribution in [1.82, 2.24) is 9.38 Å². The number of imidazole rings is 1. The molecule has 3 rings (SSSR count). The Hall–Kier alpha value is -3.22. The SMILES string of the molecule is COC(=O)Cc1nc2ccc(C)cn2c1N=Nc1cc(C)ccc1O. The Morgan fingerprint density at radius 3 is 2.72 bits per heavy atom. The fourth-order valence-corrected chi connectivity index (χ4v) is 2.44. The van der Waals surface area contributed by atoms with Crippen molar-refractivity contribution in [3.63, 3.8) is 0 Å². The molecule has 0 bridgehead atoms. The zero-order chi connectivity index (χ0) is 18.0. The minimum Gasteiger partial charge on any atom is -0.506 e. The number of nitrogens with zero attached hydrogens (tertiary/aromatic N) is 4. The van der Waals surface area contributed by atoms with Gasteiger partial charge >= 0.3 is 5.97 Å². The van der Waals surface area contributed by atoms with Gasteiger partial charge in [0, 0.05) is 6.20 Å². The molecule has 0 aliphatic heterocycles. The maximum Gasteiger partial charge on any atom is 0.311 e.